The number of fused-ring (bicyclic) bond motifs is 1. The lowest BCUT2D eigenvalue weighted by Crippen LogP contribution is -2.65. The normalized spacial score (nSPS) is 21.0. The molecule has 1 fully saturated rings. The summed E-state index contributed by atoms with van der Waals surface area (Å²) in [6.07, 6.45) is 4.88. The lowest BCUT2D eigenvalue weighted by molar-refractivity contribution is -0.133. The third-order valence-electron chi connectivity index (χ3n) is 6.38. The second-order valence-electron chi connectivity index (χ2n) is 8.95. The van der Waals surface area contributed by atoms with Crippen molar-refractivity contribution >= 4 is 17.7 Å². The molecule has 9 nitrogen and oxygen atoms in total. The van der Waals surface area contributed by atoms with Crippen LogP contribution in [0.1, 0.15) is 78.4 Å². The van der Waals surface area contributed by atoms with Crippen molar-refractivity contribution in [2.24, 2.45) is 0 Å². The topological polar surface area (TPSA) is 109 Å². The van der Waals surface area contributed by atoms with Crippen LogP contribution in [0.2, 0.25) is 0 Å². The van der Waals surface area contributed by atoms with Gasteiger partial charge in [0.1, 0.15) is 22.8 Å². The summed E-state index contributed by atoms with van der Waals surface area (Å²) in [6.45, 7) is 6.49. The minimum Gasteiger partial charge on any atom is -0.465 e. The van der Waals surface area contributed by atoms with Gasteiger partial charge in [-0.25, -0.2) is 0 Å². The number of rotatable bonds is 7. The van der Waals surface area contributed by atoms with Crippen LogP contribution in [0.15, 0.2) is 22.6 Å². The fraction of sp³-hybridized carbons (Fsp3) is 0.565. The van der Waals surface area contributed by atoms with Crippen molar-refractivity contribution < 1.29 is 18.8 Å². The van der Waals surface area contributed by atoms with Gasteiger partial charge in [-0.3, -0.25) is 19.1 Å². The zero-order valence-electron chi connectivity index (χ0n) is 18.9. The van der Waals surface area contributed by atoms with Crippen molar-refractivity contribution in [1.82, 2.24) is 25.3 Å². The van der Waals surface area contributed by atoms with Crippen molar-refractivity contribution in [3.63, 3.8) is 0 Å². The smallest absolute Gasteiger partial charge is 0.273 e. The van der Waals surface area contributed by atoms with Crippen molar-refractivity contribution in [2.45, 2.75) is 77.5 Å². The van der Waals surface area contributed by atoms with E-state index in [9.17, 15) is 14.4 Å². The number of aromatic nitrogens is 2. The molecule has 0 spiro atoms. The molecule has 172 valence electrons. The minimum absolute atomic E-state index is 0.147. The summed E-state index contributed by atoms with van der Waals surface area (Å²) >= 11 is 0. The Morgan fingerprint density at radius 2 is 2.03 bits per heavy atom. The molecule has 0 saturated heterocycles. The first-order valence-electron chi connectivity index (χ1n) is 11.4. The van der Waals surface area contributed by atoms with Crippen LogP contribution in [0, 0.1) is 6.92 Å². The molecule has 1 aliphatic carbocycles. The first-order valence-corrected chi connectivity index (χ1v) is 11.4. The average Bonchev–Trinajstić information content (AvgIpc) is 3.50. The van der Waals surface area contributed by atoms with E-state index in [0.717, 1.165) is 37.9 Å². The van der Waals surface area contributed by atoms with Crippen LogP contribution in [0.5, 0.6) is 0 Å². The third-order valence-corrected chi connectivity index (χ3v) is 6.38. The Bertz CT molecular complexity index is 1020. The van der Waals surface area contributed by atoms with E-state index < -0.39 is 11.4 Å². The summed E-state index contributed by atoms with van der Waals surface area (Å²) in [6, 6.07) is 5.29. The monoisotopic (exact) mass is 441 g/mol. The largest absolute Gasteiger partial charge is 0.465 e. The standard InChI is InChI=1S/C23H31N5O4/c1-4-11-27-21(30)19-12-18(20(29)24-13-17-10-9-15(2)32-17)26-28(19)14-23(27,3)22(31)25-16-7-5-6-8-16/h9-10,12,16H,4-8,11,13-14H2,1-3H3,(H,24,29)(H,25,31). The molecule has 2 N–H and O–H groups in total. The maximum Gasteiger partial charge on any atom is 0.273 e. The number of carbonyl (C=O) groups is 3. The maximum absolute atomic E-state index is 13.3. The van der Waals surface area contributed by atoms with E-state index in [-0.39, 0.29) is 36.6 Å². The van der Waals surface area contributed by atoms with Gasteiger partial charge >= 0.3 is 0 Å². The van der Waals surface area contributed by atoms with E-state index in [4.69, 9.17) is 4.42 Å². The van der Waals surface area contributed by atoms with Gasteiger partial charge in [0.2, 0.25) is 5.91 Å². The summed E-state index contributed by atoms with van der Waals surface area (Å²) in [7, 11) is 0. The highest BCUT2D eigenvalue weighted by molar-refractivity contribution is 6.01. The molecule has 2 aromatic rings. The Labute approximate surface area is 187 Å². The van der Waals surface area contributed by atoms with E-state index in [1.165, 1.54) is 10.7 Å². The SMILES string of the molecule is CCCN1C(=O)c2cc(C(=O)NCc3ccc(C)o3)nn2CC1(C)C(=O)NC1CCCC1. The molecule has 3 heterocycles. The molecule has 32 heavy (non-hydrogen) atoms. The third kappa shape index (κ3) is 4.16. The second-order valence-corrected chi connectivity index (χ2v) is 8.95. The van der Waals surface area contributed by atoms with Gasteiger partial charge in [-0.05, 0) is 45.2 Å². The quantitative estimate of drug-likeness (QED) is 0.686. The number of nitrogens with zero attached hydrogens (tertiary/aromatic N) is 3. The molecule has 4 rings (SSSR count). The van der Waals surface area contributed by atoms with Gasteiger partial charge in [-0.15, -0.1) is 0 Å². The van der Waals surface area contributed by atoms with Crippen molar-refractivity contribution in [3.8, 4) is 0 Å². The van der Waals surface area contributed by atoms with Crippen LogP contribution >= 0.6 is 0 Å². The highest BCUT2D eigenvalue weighted by Crippen LogP contribution is 2.29. The van der Waals surface area contributed by atoms with Crippen LogP contribution in [-0.4, -0.2) is 50.5 Å². The number of furan rings is 1. The summed E-state index contributed by atoms with van der Waals surface area (Å²) in [5, 5.41) is 10.3. The molecule has 9 heteroatoms. The molecule has 1 atom stereocenters. The summed E-state index contributed by atoms with van der Waals surface area (Å²) in [5.41, 5.74) is -0.592. The molecule has 2 aromatic heterocycles. The Morgan fingerprint density at radius 3 is 2.69 bits per heavy atom. The maximum atomic E-state index is 13.3. The van der Waals surface area contributed by atoms with E-state index in [0.29, 0.717) is 18.0 Å². The molecule has 0 aromatic carbocycles. The summed E-state index contributed by atoms with van der Waals surface area (Å²) < 4.78 is 6.97. The van der Waals surface area contributed by atoms with Gasteiger partial charge in [-0.1, -0.05) is 19.8 Å². The van der Waals surface area contributed by atoms with Crippen LogP contribution in [0.3, 0.4) is 0 Å². The fourth-order valence-electron chi connectivity index (χ4n) is 4.58. The minimum atomic E-state index is -1.06. The fourth-order valence-corrected chi connectivity index (χ4v) is 4.58. The predicted molar refractivity (Wildman–Crippen MR) is 117 cm³/mol. The molecule has 1 unspecified atom stereocenters. The van der Waals surface area contributed by atoms with Crippen molar-refractivity contribution in [3.05, 3.63) is 41.1 Å². The molecule has 3 amide bonds. The van der Waals surface area contributed by atoms with Gasteiger partial charge < -0.3 is 20.0 Å². The Balaban J connectivity index is 1.54. The average molecular weight is 442 g/mol. The highest BCUT2D eigenvalue weighted by Gasteiger charge is 2.48. The van der Waals surface area contributed by atoms with E-state index in [2.05, 4.69) is 15.7 Å². The number of carbonyl (C=O) groups excluding carboxylic acids is 3. The molecular formula is C23H31N5O4. The van der Waals surface area contributed by atoms with Crippen molar-refractivity contribution in [2.75, 3.05) is 6.54 Å². The molecule has 0 radical (unpaired) electrons. The zero-order chi connectivity index (χ0) is 22.9. The molecule has 2 aliphatic rings. The zero-order valence-corrected chi connectivity index (χ0v) is 18.9. The lowest BCUT2D eigenvalue weighted by atomic mass is 9.94. The molecule has 0 bridgehead atoms. The summed E-state index contributed by atoms with van der Waals surface area (Å²) in [4.78, 5) is 40.9. The predicted octanol–water partition coefficient (Wildman–Crippen LogP) is 2.40. The number of hydrogen-bond acceptors (Lipinski definition) is 5. The van der Waals surface area contributed by atoms with E-state index >= 15 is 0 Å². The number of hydrogen-bond donors (Lipinski definition) is 2. The number of amides is 3. The van der Waals surface area contributed by atoms with E-state index in [1.807, 2.05) is 19.9 Å². The Hall–Kier alpha value is -3.10. The van der Waals surface area contributed by atoms with Crippen LogP contribution in [0.4, 0.5) is 0 Å². The Morgan fingerprint density at radius 1 is 1.28 bits per heavy atom. The van der Waals surface area contributed by atoms with Crippen LogP contribution in [-0.2, 0) is 17.9 Å². The summed E-state index contributed by atoms with van der Waals surface area (Å²) in [5.74, 6) is 0.569. The van der Waals surface area contributed by atoms with Gasteiger partial charge in [0.15, 0.2) is 5.69 Å². The van der Waals surface area contributed by atoms with Crippen LogP contribution < -0.4 is 10.6 Å². The van der Waals surface area contributed by atoms with Crippen LogP contribution in [0.25, 0.3) is 0 Å². The first-order chi connectivity index (χ1) is 15.3. The molecule has 1 aliphatic heterocycles. The van der Waals surface area contributed by atoms with Gasteiger partial charge in [0.05, 0.1) is 13.1 Å². The lowest BCUT2D eigenvalue weighted by Gasteiger charge is -2.43. The van der Waals surface area contributed by atoms with Gasteiger partial charge in [0.25, 0.3) is 11.8 Å². The molecule has 1 saturated carbocycles. The number of aryl methyl sites for hydroxylation is 1. The van der Waals surface area contributed by atoms with Gasteiger partial charge in [0, 0.05) is 18.7 Å². The Kier molecular flexibility index (Phi) is 6.08. The second kappa shape index (κ2) is 8.80. The number of nitrogens with one attached hydrogen (secondary N) is 2. The van der Waals surface area contributed by atoms with Gasteiger partial charge in [-0.2, -0.15) is 5.10 Å². The first kappa shape index (κ1) is 22.1. The molecular weight excluding hydrogens is 410 g/mol. The van der Waals surface area contributed by atoms with Crippen molar-refractivity contribution in [1.29, 1.82) is 0 Å². The highest BCUT2D eigenvalue weighted by atomic mass is 16.3. The van der Waals surface area contributed by atoms with E-state index in [1.54, 1.807) is 17.9 Å².